The monoisotopic (exact) mass is 421 g/mol. The van der Waals surface area contributed by atoms with Crippen molar-refractivity contribution < 1.29 is 24.9 Å². The molecule has 1 saturated heterocycles. The zero-order chi connectivity index (χ0) is 21.1. The second kappa shape index (κ2) is 8.93. The Morgan fingerprint density at radius 3 is 2.66 bits per heavy atom. The lowest BCUT2D eigenvalue weighted by atomic mass is 9.96. The Balaban J connectivity index is 2.12. The fourth-order valence-corrected chi connectivity index (χ4v) is 3.59. The van der Waals surface area contributed by atoms with Crippen molar-refractivity contribution >= 4 is 18.1 Å². The third-order valence-corrected chi connectivity index (χ3v) is 5.05. The third kappa shape index (κ3) is 4.14. The van der Waals surface area contributed by atoms with Gasteiger partial charge in [-0.25, -0.2) is 4.68 Å². The van der Waals surface area contributed by atoms with E-state index in [0.717, 1.165) is 5.56 Å². The summed E-state index contributed by atoms with van der Waals surface area (Å²) in [5.74, 6) is 0.0901. The van der Waals surface area contributed by atoms with Crippen LogP contribution in [0.2, 0.25) is 0 Å². The van der Waals surface area contributed by atoms with Crippen LogP contribution < -0.4 is 5.32 Å². The summed E-state index contributed by atoms with van der Waals surface area (Å²) in [4.78, 5) is 15.7. The fourth-order valence-electron chi connectivity index (χ4n) is 3.28. The van der Waals surface area contributed by atoms with Crippen LogP contribution in [-0.4, -0.2) is 71.5 Å². The maximum atomic E-state index is 11.7. The second-order valence-electron chi connectivity index (χ2n) is 6.64. The molecule has 11 heteroatoms. The predicted molar refractivity (Wildman–Crippen MR) is 105 cm³/mol. The molecule has 2 aromatic heterocycles. The zero-order valence-electron chi connectivity index (χ0n) is 15.8. The SMILES string of the molecule is C=CCn1c(-c2ccncc2)nn([C@@H]2O[C@H](CO)[C@@H](O)[C@@H](O)[C@H]2NC(C)=O)c1=S. The number of carbonyl (C=O) groups excluding carboxylic acids is 1. The van der Waals surface area contributed by atoms with E-state index in [2.05, 4.69) is 22.0 Å². The molecule has 1 aliphatic rings. The number of ether oxygens (including phenoxy) is 1. The van der Waals surface area contributed by atoms with Gasteiger partial charge in [0.25, 0.3) is 0 Å². The van der Waals surface area contributed by atoms with Crippen LogP contribution in [0.25, 0.3) is 11.4 Å². The van der Waals surface area contributed by atoms with Gasteiger partial charge in [-0.1, -0.05) is 6.08 Å². The van der Waals surface area contributed by atoms with E-state index in [1.807, 2.05) is 0 Å². The normalized spacial score (nSPS) is 26.8. The Kier molecular flexibility index (Phi) is 6.55. The minimum Gasteiger partial charge on any atom is -0.394 e. The summed E-state index contributed by atoms with van der Waals surface area (Å²) in [6.07, 6.45) is -0.00893. The Hall–Kier alpha value is -2.44. The number of nitrogens with one attached hydrogen (secondary N) is 1. The van der Waals surface area contributed by atoms with Crippen molar-refractivity contribution in [1.82, 2.24) is 24.6 Å². The number of aliphatic hydroxyl groups excluding tert-OH is 3. The highest BCUT2D eigenvalue weighted by Gasteiger charge is 2.46. The van der Waals surface area contributed by atoms with E-state index in [1.165, 1.54) is 11.6 Å². The molecule has 0 unspecified atom stereocenters. The Labute approximate surface area is 172 Å². The Morgan fingerprint density at radius 1 is 1.38 bits per heavy atom. The summed E-state index contributed by atoms with van der Waals surface area (Å²) in [7, 11) is 0. The first-order valence-electron chi connectivity index (χ1n) is 8.99. The number of pyridine rings is 1. The van der Waals surface area contributed by atoms with Crippen LogP contribution >= 0.6 is 12.2 Å². The minimum absolute atomic E-state index is 0.261. The number of rotatable bonds is 6. The van der Waals surface area contributed by atoms with Crippen molar-refractivity contribution in [2.45, 2.75) is 44.1 Å². The van der Waals surface area contributed by atoms with E-state index < -0.39 is 43.1 Å². The van der Waals surface area contributed by atoms with E-state index in [9.17, 15) is 20.1 Å². The van der Waals surface area contributed by atoms with Crippen LogP contribution in [0.5, 0.6) is 0 Å². The van der Waals surface area contributed by atoms with Crippen LogP contribution in [0.15, 0.2) is 37.2 Å². The van der Waals surface area contributed by atoms with Gasteiger partial charge < -0.3 is 25.4 Å². The first kappa shape index (κ1) is 21.3. The van der Waals surface area contributed by atoms with Crippen molar-refractivity contribution in [2.75, 3.05) is 6.61 Å². The van der Waals surface area contributed by atoms with Crippen LogP contribution in [0.3, 0.4) is 0 Å². The average molecular weight is 421 g/mol. The van der Waals surface area contributed by atoms with Crippen molar-refractivity contribution in [3.8, 4) is 11.4 Å². The maximum absolute atomic E-state index is 11.7. The summed E-state index contributed by atoms with van der Waals surface area (Å²) in [6.45, 7) is 4.86. The molecule has 1 amide bonds. The minimum atomic E-state index is -1.40. The van der Waals surface area contributed by atoms with Crippen molar-refractivity contribution in [3.63, 3.8) is 0 Å². The molecule has 4 N–H and O–H groups in total. The number of aromatic nitrogens is 4. The van der Waals surface area contributed by atoms with Gasteiger partial charge in [0.05, 0.1) is 6.61 Å². The highest BCUT2D eigenvalue weighted by Crippen LogP contribution is 2.30. The smallest absolute Gasteiger partial charge is 0.217 e. The van der Waals surface area contributed by atoms with Gasteiger partial charge in [0.2, 0.25) is 10.7 Å². The highest BCUT2D eigenvalue weighted by molar-refractivity contribution is 7.71. The van der Waals surface area contributed by atoms with Gasteiger partial charge in [-0.2, -0.15) is 0 Å². The number of hydrogen-bond acceptors (Lipinski definition) is 8. The second-order valence-corrected chi connectivity index (χ2v) is 7.01. The summed E-state index contributed by atoms with van der Waals surface area (Å²) < 4.78 is 9.12. The molecule has 0 aliphatic carbocycles. The lowest BCUT2D eigenvalue weighted by Crippen LogP contribution is -2.62. The molecule has 3 rings (SSSR count). The van der Waals surface area contributed by atoms with Gasteiger partial charge >= 0.3 is 0 Å². The number of carbonyl (C=O) groups is 1. The molecule has 10 nitrogen and oxygen atoms in total. The molecule has 156 valence electrons. The molecule has 2 aromatic rings. The van der Waals surface area contributed by atoms with Crippen LogP contribution in [-0.2, 0) is 16.1 Å². The van der Waals surface area contributed by atoms with Gasteiger partial charge in [0.1, 0.15) is 24.4 Å². The van der Waals surface area contributed by atoms with Crippen molar-refractivity contribution in [2.24, 2.45) is 0 Å². The summed E-state index contributed by atoms with van der Waals surface area (Å²) >= 11 is 5.57. The van der Waals surface area contributed by atoms with E-state index in [0.29, 0.717) is 12.4 Å². The van der Waals surface area contributed by atoms with Gasteiger partial charge in [-0.15, -0.1) is 11.7 Å². The van der Waals surface area contributed by atoms with Gasteiger partial charge in [-0.05, 0) is 24.4 Å². The zero-order valence-corrected chi connectivity index (χ0v) is 16.6. The first-order chi connectivity index (χ1) is 13.9. The largest absolute Gasteiger partial charge is 0.394 e. The van der Waals surface area contributed by atoms with Gasteiger partial charge in [0.15, 0.2) is 12.1 Å². The topological polar surface area (TPSA) is 135 Å². The third-order valence-electron chi connectivity index (χ3n) is 4.65. The molecular formula is C18H23N5O5S. The van der Waals surface area contributed by atoms with Crippen molar-refractivity contribution in [3.05, 3.63) is 42.0 Å². The lowest BCUT2D eigenvalue weighted by molar-refractivity contribution is -0.219. The van der Waals surface area contributed by atoms with E-state index in [1.54, 1.807) is 35.2 Å². The number of allylic oxidation sites excluding steroid dienone is 1. The van der Waals surface area contributed by atoms with Crippen LogP contribution in [0.4, 0.5) is 0 Å². The molecule has 3 heterocycles. The average Bonchev–Trinajstić information content (AvgIpc) is 3.03. The molecule has 0 radical (unpaired) electrons. The molecule has 1 fully saturated rings. The molecule has 0 saturated carbocycles. The van der Waals surface area contributed by atoms with Crippen LogP contribution in [0.1, 0.15) is 13.2 Å². The maximum Gasteiger partial charge on any atom is 0.217 e. The van der Waals surface area contributed by atoms with Crippen LogP contribution in [0, 0.1) is 4.77 Å². The Morgan fingerprint density at radius 2 is 2.07 bits per heavy atom. The highest BCUT2D eigenvalue weighted by atomic mass is 32.1. The molecular weight excluding hydrogens is 398 g/mol. The fraction of sp³-hybridized carbons (Fsp3) is 0.444. The van der Waals surface area contributed by atoms with Gasteiger partial charge in [0, 0.05) is 31.4 Å². The number of aliphatic hydroxyl groups is 3. The van der Waals surface area contributed by atoms with Gasteiger partial charge in [-0.3, -0.25) is 14.3 Å². The van der Waals surface area contributed by atoms with Crippen molar-refractivity contribution in [1.29, 1.82) is 0 Å². The molecule has 0 aromatic carbocycles. The standard InChI is InChI=1S/C18H23N5O5S/c1-3-8-22-16(11-4-6-19-7-5-11)21-23(18(22)29)17-13(20-10(2)25)15(27)14(26)12(9-24)28-17/h3-7,12-15,17,24,26-27H,1,8-9H2,2H3,(H,20,25)/t12-,13-,14-,15+,17-/m1/s1. The Bertz CT molecular complexity index is 930. The molecule has 0 bridgehead atoms. The summed E-state index contributed by atoms with van der Waals surface area (Å²) in [6, 6.07) is 2.50. The summed E-state index contributed by atoms with van der Waals surface area (Å²) in [5, 5.41) is 37.4. The molecule has 29 heavy (non-hydrogen) atoms. The van der Waals surface area contributed by atoms with E-state index in [4.69, 9.17) is 17.0 Å². The summed E-state index contributed by atoms with van der Waals surface area (Å²) in [5.41, 5.74) is 0.748. The number of amides is 1. The molecule has 0 spiro atoms. The number of hydrogen-bond donors (Lipinski definition) is 4. The lowest BCUT2D eigenvalue weighted by Gasteiger charge is -2.42. The van der Waals surface area contributed by atoms with E-state index in [-0.39, 0.29) is 4.77 Å². The van der Waals surface area contributed by atoms with E-state index >= 15 is 0 Å². The molecule has 5 atom stereocenters. The molecule has 1 aliphatic heterocycles. The predicted octanol–water partition coefficient (Wildman–Crippen LogP) is -0.222. The first-order valence-corrected chi connectivity index (χ1v) is 9.40. The number of nitrogens with zero attached hydrogens (tertiary/aromatic N) is 4. The quantitative estimate of drug-likeness (QED) is 0.371.